The van der Waals surface area contributed by atoms with Crippen LogP contribution >= 0.6 is 0 Å². The molecular formula is C18H20N2O7. The molecule has 3 rings (SSSR count). The van der Waals surface area contributed by atoms with Crippen molar-refractivity contribution in [3.8, 4) is 0 Å². The summed E-state index contributed by atoms with van der Waals surface area (Å²) in [5, 5.41) is 10.5. The van der Waals surface area contributed by atoms with Crippen molar-refractivity contribution in [3.05, 3.63) is 40.7 Å². The molecule has 0 radical (unpaired) electrons. The second kappa shape index (κ2) is 6.82. The summed E-state index contributed by atoms with van der Waals surface area (Å²) in [6.45, 7) is 1.87. The number of nitrogens with zero attached hydrogens (tertiary/aromatic N) is 2. The third kappa shape index (κ3) is 2.75. The maximum Gasteiger partial charge on any atom is 0.416 e. The Morgan fingerprint density at radius 1 is 1.07 bits per heavy atom. The first-order chi connectivity index (χ1) is 12.8. The fraction of sp³-hybridized carbons (Fsp3) is 0.389. The predicted molar refractivity (Wildman–Crippen MR) is 93.1 cm³/mol. The average Bonchev–Trinajstić information content (AvgIpc) is 2.66. The van der Waals surface area contributed by atoms with Crippen molar-refractivity contribution in [1.82, 2.24) is 4.90 Å². The van der Waals surface area contributed by atoms with E-state index >= 15 is 0 Å². The van der Waals surface area contributed by atoms with Crippen LogP contribution in [0.3, 0.4) is 0 Å². The Kier molecular flexibility index (Phi) is 4.69. The minimum atomic E-state index is -1.26. The molecule has 1 N–H and O–H groups in total. The van der Waals surface area contributed by atoms with Crippen molar-refractivity contribution in [3.63, 3.8) is 0 Å². The summed E-state index contributed by atoms with van der Waals surface area (Å²) in [7, 11) is 3.54. The molecular weight excluding hydrogens is 356 g/mol. The quantitative estimate of drug-likeness (QED) is 0.592. The highest BCUT2D eigenvalue weighted by atomic mass is 16.6. The van der Waals surface area contributed by atoms with Crippen LogP contribution in [-0.2, 0) is 19.0 Å². The Hall–Kier alpha value is -3.23. The van der Waals surface area contributed by atoms with E-state index in [1.807, 2.05) is 13.0 Å². The number of carbonyl (C=O) groups excluding carboxylic acids is 3. The third-order valence-corrected chi connectivity index (χ3v) is 4.76. The number of amides is 2. The Morgan fingerprint density at radius 2 is 1.74 bits per heavy atom. The lowest BCUT2D eigenvalue weighted by Gasteiger charge is -2.50. The van der Waals surface area contributed by atoms with Gasteiger partial charge in [-0.1, -0.05) is 17.7 Å². The number of benzene rings is 1. The van der Waals surface area contributed by atoms with E-state index in [9.17, 15) is 19.5 Å². The normalized spacial score (nSPS) is 20.7. The molecule has 27 heavy (non-hydrogen) atoms. The molecule has 1 aromatic rings. The highest BCUT2D eigenvalue weighted by molar-refractivity contribution is 5.99. The lowest BCUT2D eigenvalue weighted by Crippen LogP contribution is -2.61. The number of methoxy groups -OCH3 is 3. The first kappa shape index (κ1) is 18.6. The maximum atomic E-state index is 12.6. The van der Waals surface area contributed by atoms with Gasteiger partial charge in [-0.3, -0.25) is 9.80 Å². The molecule has 0 aromatic heterocycles. The summed E-state index contributed by atoms with van der Waals surface area (Å²) in [4.78, 5) is 39.9. The highest BCUT2D eigenvalue weighted by Crippen LogP contribution is 2.48. The number of hydrogen-bond donors (Lipinski definition) is 1. The van der Waals surface area contributed by atoms with Gasteiger partial charge in [-0.15, -0.1) is 0 Å². The van der Waals surface area contributed by atoms with Crippen LogP contribution in [0.1, 0.15) is 23.6 Å². The molecule has 0 saturated carbocycles. The van der Waals surface area contributed by atoms with Crippen molar-refractivity contribution >= 4 is 23.8 Å². The second-order valence-electron chi connectivity index (χ2n) is 6.23. The van der Waals surface area contributed by atoms with Gasteiger partial charge in [-0.25, -0.2) is 14.4 Å². The van der Waals surface area contributed by atoms with Crippen LogP contribution in [0.15, 0.2) is 29.5 Å². The van der Waals surface area contributed by atoms with Gasteiger partial charge in [0, 0.05) is 6.42 Å². The molecule has 2 heterocycles. The van der Waals surface area contributed by atoms with Crippen molar-refractivity contribution in [1.29, 1.82) is 0 Å². The monoisotopic (exact) mass is 376 g/mol. The predicted octanol–water partition coefficient (Wildman–Crippen LogP) is 2.41. The molecule has 2 amide bonds. The minimum absolute atomic E-state index is 0.0124. The molecule has 0 saturated heterocycles. The van der Waals surface area contributed by atoms with Gasteiger partial charge in [0.05, 0.1) is 33.1 Å². The topological polar surface area (TPSA) is 106 Å². The molecule has 9 heteroatoms. The molecule has 9 nitrogen and oxygen atoms in total. The first-order valence-electron chi connectivity index (χ1n) is 8.20. The molecule has 0 spiro atoms. The van der Waals surface area contributed by atoms with Crippen LogP contribution in [-0.4, -0.2) is 55.7 Å². The van der Waals surface area contributed by atoms with Crippen molar-refractivity contribution < 1.29 is 33.7 Å². The number of rotatable bonds is 1. The molecule has 2 bridgehead atoms. The molecule has 2 aliphatic rings. The van der Waals surface area contributed by atoms with E-state index in [2.05, 4.69) is 0 Å². The first-order valence-corrected chi connectivity index (χ1v) is 8.20. The van der Waals surface area contributed by atoms with E-state index in [1.54, 1.807) is 12.1 Å². The molecule has 2 unspecified atom stereocenters. The van der Waals surface area contributed by atoms with E-state index in [-0.39, 0.29) is 17.8 Å². The number of aliphatic hydroxyl groups is 1. The fourth-order valence-corrected chi connectivity index (χ4v) is 3.62. The van der Waals surface area contributed by atoms with Gasteiger partial charge in [0.25, 0.3) is 0 Å². The Labute approximate surface area is 155 Å². The lowest BCUT2D eigenvalue weighted by atomic mass is 9.86. The van der Waals surface area contributed by atoms with Gasteiger partial charge in [0.15, 0.2) is 6.17 Å². The summed E-state index contributed by atoms with van der Waals surface area (Å²) >= 11 is 0. The van der Waals surface area contributed by atoms with Gasteiger partial charge in [-0.05, 0) is 18.6 Å². The van der Waals surface area contributed by atoms with Crippen LogP contribution in [0.2, 0.25) is 0 Å². The summed E-state index contributed by atoms with van der Waals surface area (Å²) < 4.78 is 14.5. The number of anilines is 1. The van der Waals surface area contributed by atoms with E-state index < -0.39 is 30.4 Å². The van der Waals surface area contributed by atoms with Crippen molar-refractivity contribution in [2.45, 2.75) is 25.6 Å². The zero-order valence-corrected chi connectivity index (χ0v) is 15.4. The van der Waals surface area contributed by atoms with Gasteiger partial charge in [0.2, 0.25) is 0 Å². The number of aliphatic hydroxyl groups excluding tert-OH is 1. The molecule has 0 aliphatic carbocycles. The molecule has 0 fully saturated rings. The van der Waals surface area contributed by atoms with E-state index in [1.165, 1.54) is 19.1 Å². The Balaban J connectivity index is 2.32. The van der Waals surface area contributed by atoms with E-state index in [0.29, 0.717) is 11.3 Å². The van der Waals surface area contributed by atoms with Gasteiger partial charge < -0.3 is 19.3 Å². The van der Waals surface area contributed by atoms with Crippen molar-refractivity contribution in [2.75, 3.05) is 26.2 Å². The number of esters is 1. The molecule has 144 valence electrons. The SMILES string of the molecule is COC(=O)C1=C(O)CC2c3cc(C)ccc3N(C(=O)OC)C1N2C(=O)OC. The second-order valence-corrected chi connectivity index (χ2v) is 6.23. The van der Waals surface area contributed by atoms with Crippen LogP contribution in [0.5, 0.6) is 0 Å². The number of hydrogen-bond acceptors (Lipinski definition) is 7. The summed E-state index contributed by atoms with van der Waals surface area (Å²) in [5.41, 5.74) is 1.81. The maximum absolute atomic E-state index is 12.6. The number of carbonyl (C=O) groups is 3. The fourth-order valence-electron chi connectivity index (χ4n) is 3.62. The van der Waals surface area contributed by atoms with Crippen molar-refractivity contribution in [2.24, 2.45) is 0 Å². The van der Waals surface area contributed by atoms with Gasteiger partial charge in [0.1, 0.15) is 11.3 Å². The van der Waals surface area contributed by atoms with Crippen LogP contribution in [0, 0.1) is 6.92 Å². The van der Waals surface area contributed by atoms with Gasteiger partial charge in [-0.2, -0.15) is 0 Å². The summed E-state index contributed by atoms with van der Waals surface area (Å²) in [6, 6.07) is 4.72. The lowest BCUT2D eigenvalue weighted by molar-refractivity contribution is -0.137. The summed E-state index contributed by atoms with van der Waals surface area (Å²) in [5.74, 6) is -1.10. The van der Waals surface area contributed by atoms with Gasteiger partial charge >= 0.3 is 18.2 Å². The van der Waals surface area contributed by atoms with Crippen LogP contribution in [0.4, 0.5) is 15.3 Å². The largest absolute Gasteiger partial charge is 0.512 e. The number of aryl methyl sites for hydroxylation is 1. The Morgan fingerprint density at radius 3 is 2.33 bits per heavy atom. The molecule has 2 atom stereocenters. The molecule has 1 aromatic carbocycles. The summed E-state index contributed by atoms with van der Waals surface area (Å²) in [6.07, 6.45) is -2.82. The number of fused-ring (bicyclic) bond motifs is 4. The van der Waals surface area contributed by atoms with E-state index in [4.69, 9.17) is 14.2 Å². The zero-order valence-electron chi connectivity index (χ0n) is 15.4. The molecule has 2 aliphatic heterocycles. The van der Waals surface area contributed by atoms with E-state index in [0.717, 1.165) is 17.6 Å². The van der Waals surface area contributed by atoms with Crippen LogP contribution < -0.4 is 4.90 Å². The Bertz CT molecular complexity index is 848. The minimum Gasteiger partial charge on any atom is -0.512 e. The zero-order chi connectivity index (χ0) is 19.9. The van der Waals surface area contributed by atoms with Crippen LogP contribution in [0.25, 0.3) is 0 Å². The smallest absolute Gasteiger partial charge is 0.416 e. The standard InChI is InChI=1S/C18H20N2O7/c1-9-5-6-11-10(7-9)12-8-13(21)14(16(22)25-2)15(19(11)17(23)26-3)20(12)18(24)27-4/h5-7,12,15,21H,8H2,1-4H3. The average molecular weight is 376 g/mol. The number of ether oxygens (including phenoxy) is 3. The highest BCUT2D eigenvalue weighted by Gasteiger charge is 2.53. The third-order valence-electron chi connectivity index (χ3n) is 4.76.